The van der Waals surface area contributed by atoms with E-state index < -0.39 is 33.1 Å². The van der Waals surface area contributed by atoms with Crippen LogP contribution in [0.2, 0.25) is 0 Å². The zero-order chi connectivity index (χ0) is 22.4. The fourth-order valence-corrected chi connectivity index (χ4v) is 3.80. The molecule has 1 N–H and O–H groups in total. The SMILES string of the molecule is COc1ccc(-c2noc(CS(=O)(=O)CC(=O)NCc3ccc(F)cc3)n2)cc1OC. The van der Waals surface area contributed by atoms with Crippen molar-refractivity contribution in [1.29, 1.82) is 0 Å². The summed E-state index contributed by atoms with van der Waals surface area (Å²) in [6.07, 6.45) is 0. The molecule has 0 radical (unpaired) electrons. The fourth-order valence-electron chi connectivity index (χ4n) is 2.70. The van der Waals surface area contributed by atoms with Gasteiger partial charge in [0, 0.05) is 12.1 Å². The third-order valence-electron chi connectivity index (χ3n) is 4.21. The number of nitrogens with one attached hydrogen (secondary N) is 1. The summed E-state index contributed by atoms with van der Waals surface area (Å²) in [5, 5.41) is 6.27. The minimum Gasteiger partial charge on any atom is -0.493 e. The molecule has 0 spiro atoms. The van der Waals surface area contributed by atoms with E-state index in [1.54, 1.807) is 18.2 Å². The summed E-state index contributed by atoms with van der Waals surface area (Å²) >= 11 is 0. The number of rotatable bonds is 9. The van der Waals surface area contributed by atoms with Crippen LogP contribution in [0.3, 0.4) is 0 Å². The molecule has 0 unspecified atom stereocenters. The molecule has 2 aromatic carbocycles. The number of sulfone groups is 1. The first kappa shape index (κ1) is 22.2. The topological polar surface area (TPSA) is 121 Å². The van der Waals surface area contributed by atoms with E-state index in [9.17, 15) is 17.6 Å². The lowest BCUT2D eigenvalue weighted by atomic mass is 10.2. The molecule has 164 valence electrons. The molecule has 3 aromatic rings. The molecule has 0 fully saturated rings. The molecule has 1 aromatic heterocycles. The Morgan fingerprint density at radius 2 is 1.81 bits per heavy atom. The van der Waals surface area contributed by atoms with E-state index in [0.29, 0.717) is 22.6 Å². The number of ether oxygens (including phenoxy) is 2. The number of carbonyl (C=O) groups excluding carboxylic acids is 1. The van der Waals surface area contributed by atoms with Gasteiger partial charge in [-0.1, -0.05) is 17.3 Å². The second-order valence-electron chi connectivity index (χ2n) is 6.52. The number of methoxy groups -OCH3 is 2. The highest BCUT2D eigenvalue weighted by Crippen LogP contribution is 2.31. The second kappa shape index (κ2) is 9.56. The standard InChI is InChI=1S/C20H20FN3O6S/c1-28-16-8-5-14(9-17(16)29-2)20-23-19(30-24-20)12-31(26,27)11-18(25)22-10-13-3-6-15(21)7-4-13/h3-9H,10-12H2,1-2H3,(H,22,25). The quantitative estimate of drug-likeness (QED) is 0.527. The van der Waals surface area contributed by atoms with Crippen LogP contribution in [-0.2, 0) is 26.9 Å². The van der Waals surface area contributed by atoms with Crippen molar-refractivity contribution in [2.24, 2.45) is 0 Å². The maximum absolute atomic E-state index is 12.9. The van der Waals surface area contributed by atoms with Crippen LogP contribution in [0.15, 0.2) is 47.0 Å². The summed E-state index contributed by atoms with van der Waals surface area (Å²) < 4.78 is 53.0. The average molecular weight is 449 g/mol. The highest BCUT2D eigenvalue weighted by Gasteiger charge is 2.22. The summed E-state index contributed by atoms with van der Waals surface area (Å²) in [5.41, 5.74) is 1.19. The molecule has 0 atom stereocenters. The third-order valence-corrected chi connectivity index (χ3v) is 5.60. The van der Waals surface area contributed by atoms with Crippen molar-refractivity contribution in [2.75, 3.05) is 20.0 Å². The first-order chi connectivity index (χ1) is 14.8. The lowest BCUT2D eigenvalue weighted by molar-refractivity contribution is -0.118. The first-order valence-corrected chi connectivity index (χ1v) is 10.9. The van der Waals surface area contributed by atoms with Crippen molar-refractivity contribution in [3.8, 4) is 22.9 Å². The van der Waals surface area contributed by atoms with E-state index >= 15 is 0 Å². The van der Waals surface area contributed by atoms with Crippen molar-refractivity contribution < 1.29 is 31.6 Å². The van der Waals surface area contributed by atoms with Crippen LogP contribution in [0.1, 0.15) is 11.5 Å². The average Bonchev–Trinajstić information content (AvgIpc) is 3.20. The minimum atomic E-state index is -3.85. The van der Waals surface area contributed by atoms with Crippen molar-refractivity contribution in [3.63, 3.8) is 0 Å². The molecule has 11 heteroatoms. The van der Waals surface area contributed by atoms with Gasteiger partial charge in [0.15, 0.2) is 21.3 Å². The minimum absolute atomic E-state index is 0.0820. The molecule has 0 bridgehead atoms. The van der Waals surface area contributed by atoms with Gasteiger partial charge in [-0.2, -0.15) is 4.98 Å². The monoisotopic (exact) mass is 449 g/mol. The van der Waals surface area contributed by atoms with Crippen LogP contribution in [0.5, 0.6) is 11.5 Å². The molecule has 9 nitrogen and oxygen atoms in total. The molecule has 0 aliphatic rings. The van der Waals surface area contributed by atoms with Gasteiger partial charge in [0.1, 0.15) is 17.3 Å². The summed E-state index contributed by atoms with van der Waals surface area (Å²) in [5.74, 6) is -1.42. The van der Waals surface area contributed by atoms with Crippen LogP contribution in [0, 0.1) is 5.82 Å². The van der Waals surface area contributed by atoms with Crippen molar-refractivity contribution in [2.45, 2.75) is 12.3 Å². The highest BCUT2D eigenvalue weighted by molar-refractivity contribution is 7.91. The normalized spacial score (nSPS) is 11.2. The van der Waals surface area contributed by atoms with Gasteiger partial charge < -0.3 is 19.3 Å². The maximum Gasteiger partial charge on any atom is 0.242 e. The molecule has 31 heavy (non-hydrogen) atoms. The molecule has 0 aliphatic heterocycles. The van der Waals surface area contributed by atoms with E-state index in [-0.39, 0.29) is 18.3 Å². The van der Waals surface area contributed by atoms with Crippen LogP contribution >= 0.6 is 0 Å². The largest absolute Gasteiger partial charge is 0.493 e. The molecular weight excluding hydrogens is 429 g/mol. The Hall–Kier alpha value is -3.47. The fraction of sp³-hybridized carbons (Fsp3) is 0.250. The van der Waals surface area contributed by atoms with Gasteiger partial charge in [0.25, 0.3) is 0 Å². The Balaban J connectivity index is 1.61. The zero-order valence-electron chi connectivity index (χ0n) is 16.8. The Bertz CT molecular complexity index is 1160. The smallest absolute Gasteiger partial charge is 0.242 e. The van der Waals surface area contributed by atoms with Gasteiger partial charge in [0.2, 0.25) is 17.6 Å². The Morgan fingerprint density at radius 1 is 1.10 bits per heavy atom. The molecule has 0 aliphatic carbocycles. The summed E-state index contributed by atoms with van der Waals surface area (Å²) in [6, 6.07) is 10.5. The van der Waals surface area contributed by atoms with E-state index in [2.05, 4.69) is 15.5 Å². The number of carbonyl (C=O) groups is 1. The van der Waals surface area contributed by atoms with Crippen LogP contribution in [-0.4, -0.2) is 44.4 Å². The van der Waals surface area contributed by atoms with E-state index in [0.717, 1.165) is 0 Å². The van der Waals surface area contributed by atoms with Gasteiger partial charge in [-0.05, 0) is 35.9 Å². The predicted octanol–water partition coefficient (Wildman–Crippen LogP) is 2.12. The van der Waals surface area contributed by atoms with Crippen LogP contribution in [0.4, 0.5) is 4.39 Å². The lowest BCUT2D eigenvalue weighted by Gasteiger charge is -2.07. The van der Waals surface area contributed by atoms with Gasteiger partial charge >= 0.3 is 0 Å². The molecule has 3 rings (SSSR count). The third kappa shape index (κ3) is 6.01. The van der Waals surface area contributed by atoms with E-state index in [4.69, 9.17) is 14.0 Å². The van der Waals surface area contributed by atoms with Gasteiger partial charge in [0.05, 0.1) is 14.2 Å². The lowest BCUT2D eigenvalue weighted by Crippen LogP contribution is -2.30. The summed E-state index contributed by atoms with van der Waals surface area (Å²) in [7, 11) is -0.863. The summed E-state index contributed by atoms with van der Waals surface area (Å²) in [4.78, 5) is 16.1. The number of nitrogens with zero attached hydrogens (tertiary/aromatic N) is 2. The number of hydrogen-bond donors (Lipinski definition) is 1. The Labute approximate surface area is 178 Å². The van der Waals surface area contributed by atoms with Gasteiger partial charge in [-0.15, -0.1) is 0 Å². The maximum atomic E-state index is 12.9. The number of amides is 1. The van der Waals surface area contributed by atoms with Crippen LogP contribution in [0.25, 0.3) is 11.4 Å². The van der Waals surface area contributed by atoms with E-state index in [1.165, 1.54) is 38.5 Å². The molecule has 0 saturated carbocycles. The Kier molecular flexibility index (Phi) is 6.85. The van der Waals surface area contributed by atoms with Crippen molar-refractivity contribution in [1.82, 2.24) is 15.5 Å². The van der Waals surface area contributed by atoms with Crippen molar-refractivity contribution >= 4 is 15.7 Å². The van der Waals surface area contributed by atoms with Crippen LogP contribution < -0.4 is 14.8 Å². The molecule has 1 heterocycles. The van der Waals surface area contributed by atoms with Gasteiger partial charge in [-0.3, -0.25) is 4.79 Å². The second-order valence-corrected chi connectivity index (χ2v) is 8.58. The molecular formula is C20H20FN3O6S. The Morgan fingerprint density at radius 3 is 2.48 bits per heavy atom. The van der Waals surface area contributed by atoms with Crippen molar-refractivity contribution in [3.05, 3.63) is 59.7 Å². The first-order valence-electron chi connectivity index (χ1n) is 9.06. The molecule has 0 saturated heterocycles. The number of aromatic nitrogens is 2. The highest BCUT2D eigenvalue weighted by atomic mass is 32.2. The predicted molar refractivity (Wildman–Crippen MR) is 109 cm³/mol. The zero-order valence-corrected chi connectivity index (χ0v) is 17.6. The number of halogens is 1. The van der Waals surface area contributed by atoms with E-state index in [1.807, 2.05) is 0 Å². The van der Waals surface area contributed by atoms with Gasteiger partial charge in [-0.25, -0.2) is 12.8 Å². The number of hydrogen-bond acceptors (Lipinski definition) is 8. The summed E-state index contributed by atoms with van der Waals surface area (Å²) in [6.45, 7) is 0.0820. The molecule has 1 amide bonds. The number of benzene rings is 2.